The highest BCUT2D eigenvalue weighted by Crippen LogP contribution is 2.24. The van der Waals surface area contributed by atoms with E-state index in [2.05, 4.69) is 15.3 Å². The lowest BCUT2D eigenvalue weighted by Gasteiger charge is -2.30. The first-order chi connectivity index (χ1) is 9.90. The van der Waals surface area contributed by atoms with Crippen molar-refractivity contribution >= 4 is 12.0 Å². The molecule has 21 heavy (non-hydrogen) atoms. The molecule has 6 heteroatoms. The van der Waals surface area contributed by atoms with Crippen molar-refractivity contribution in [2.75, 3.05) is 11.9 Å². The van der Waals surface area contributed by atoms with Crippen LogP contribution in [0.2, 0.25) is 0 Å². The zero-order valence-corrected chi connectivity index (χ0v) is 12.8. The van der Waals surface area contributed by atoms with Gasteiger partial charge in [0.1, 0.15) is 5.60 Å². The number of carbonyl (C=O) groups excluding carboxylic acids is 1. The Morgan fingerprint density at radius 2 is 2.19 bits per heavy atom. The molecule has 0 atom stereocenters. The fraction of sp³-hybridized carbons (Fsp3) is 0.667. The van der Waals surface area contributed by atoms with Gasteiger partial charge in [0.05, 0.1) is 12.2 Å². The minimum Gasteiger partial charge on any atom is -0.444 e. The van der Waals surface area contributed by atoms with Crippen LogP contribution in [-0.4, -0.2) is 39.1 Å². The van der Waals surface area contributed by atoms with Crippen LogP contribution in [-0.2, 0) is 17.7 Å². The van der Waals surface area contributed by atoms with Gasteiger partial charge in [-0.05, 0) is 45.6 Å². The number of nitrogens with zero attached hydrogens (tertiary/aromatic N) is 3. The largest absolute Gasteiger partial charge is 0.444 e. The molecule has 2 aliphatic rings. The van der Waals surface area contributed by atoms with Gasteiger partial charge in [-0.3, -0.25) is 0 Å². The molecule has 1 aliphatic heterocycles. The minimum absolute atomic E-state index is 0.275. The van der Waals surface area contributed by atoms with Gasteiger partial charge < -0.3 is 15.0 Å². The third-order valence-corrected chi connectivity index (χ3v) is 3.51. The average molecular weight is 290 g/mol. The van der Waals surface area contributed by atoms with E-state index in [0.717, 1.165) is 17.7 Å². The zero-order chi connectivity index (χ0) is 15.0. The molecule has 1 amide bonds. The van der Waals surface area contributed by atoms with E-state index in [-0.39, 0.29) is 6.09 Å². The first-order valence-corrected chi connectivity index (χ1v) is 7.50. The van der Waals surface area contributed by atoms with Gasteiger partial charge in [-0.1, -0.05) is 0 Å². The summed E-state index contributed by atoms with van der Waals surface area (Å²) in [5.74, 6) is 0.669. The van der Waals surface area contributed by atoms with Gasteiger partial charge >= 0.3 is 6.09 Å². The van der Waals surface area contributed by atoms with Crippen LogP contribution in [0.5, 0.6) is 0 Å². The Bertz CT molecular complexity index is 549. The lowest BCUT2D eigenvalue weighted by molar-refractivity contribution is 0.0220. The van der Waals surface area contributed by atoms with E-state index in [1.165, 1.54) is 12.8 Å². The van der Waals surface area contributed by atoms with Crippen molar-refractivity contribution in [3.8, 4) is 0 Å². The molecule has 0 saturated heterocycles. The van der Waals surface area contributed by atoms with Gasteiger partial charge in [0, 0.05) is 18.8 Å². The second-order valence-electron chi connectivity index (χ2n) is 6.74. The molecule has 1 saturated carbocycles. The maximum atomic E-state index is 12.1. The molecule has 0 spiro atoms. The fourth-order valence-corrected chi connectivity index (χ4v) is 2.27. The fourth-order valence-electron chi connectivity index (χ4n) is 2.27. The van der Waals surface area contributed by atoms with Gasteiger partial charge in [-0.25, -0.2) is 14.8 Å². The smallest absolute Gasteiger partial charge is 0.410 e. The monoisotopic (exact) mass is 290 g/mol. The molecule has 0 bridgehead atoms. The Labute approximate surface area is 124 Å². The van der Waals surface area contributed by atoms with Crippen molar-refractivity contribution in [1.29, 1.82) is 0 Å². The molecule has 3 rings (SSSR count). The number of hydrogen-bond acceptors (Lipinski definition) is 5. The van der Waals surface area contributed by atoms with Crippen molar-refractivity contribution in [2.45, 2.75) is 58.2 Å². The van der Waals surface area contributed by atoms with E-state index in [9.17, 15) is 4.79 Å². The molecule has 1 N–H and O–H groups in total. The van der Waals surface area contributed by atoms with Crippen LogP contribution < -0.4 is 5.32 Å². The van der Waals surface area contributed by atoms with Crippen LogP contribution in [0.4, 0.5) is 10.7 Å². The molecule has 1 aromatic rings. The molecule has 1 aliphatic carbocycles. The predicted molar refractivity (Wildman–Crippen MR) is 79.0 cm³/mol. The molecule has 6 nitrogen and oxygen atoms in total. The third-order valence-electron chi connectivity index (χ3n) is 3.51. The van der Waals surface area contributed by atoms with Gasteiger partial charge in [-0.15, -0.1) is 0 Å². The van der Waals surface area contributed by atoms with E-state index in [1.54, 1.807) is 4.90 Å². The Kier molecular flexibility index (Phi) is 3.47. The standard InChI is InChI=1S/C15H22N4O2/c1-15(2,3)21-14(20)19-7-6-10-8-16-13(17-11-4-5-11)18-12(10)9-19/h8,11H,4-7,9H2,1-3H3,(H,16,17,18). The number of rotatable bonds is 2. The summed E-state index contributed by atoms with van der Waals surface area (Å²) in [6.07, 6.45) is 4.75. The second kappa shape index (κ2) is 5.16. The Hall–Kier alpha value is -1.85. The lowest BCUT2D eigenvalue weighted by Crippen LogP contribution is -2.40. The molecule has 1 aromatic heterocycles. The van der Waals surface area contributed by atoms with Crippen LogP contribution in [0.15, 0.2) is 6.20 Å². The SMILES string of the molecule is CC(C)(C)OC(=O)N1CCc2cnc(NC3CC3)nc2C1. The summed E-state index contributed by atoms with van der Waals surface area (Å²) in [7, 11) is 0. The van der Waals surface area contributed by atoms with Gasteiger partial charge in [0.15, 0.2) is 0 Å². The number of anilines is 1. The topological polar surface area (TPSA) is 67.3 Å². The van der Waals surface area contributed by atoms with E-state index in [1.807, 2.05) is 27.0 Å². The Balaban J connectivity index is 1.69. The average Bonchev–Trinajstić information content (AvgIpc) is 3.20. The third kappa shape index (κ3) is 3.62. The molecule has 114 valence electrons. The van der Waals surface area contributed by atoms with Crippen molar-refractivity contribution < 1.29 is 9.53 Å². The molecule has 2 heterocycles. The zero-order valence-electron chi connectivity index (χ0n) is 12.8. The number of nitrogens with one attached hydrogen (secondary N) is 1. The van der Waals surface area contributed by atoms with Crippen LogP contribution in [0, 0.1) is 0 Å². The van der Waals surface area contributed by atoms with E-state index < -0.39 is 5.60 Å². The molecular weight excluding hydrogens is 268 g/mol. The quantitative estimate of drug-likeness (QED) is 0.905. The van der Waals surface area contributed by atoms with Crippen molar-refractivity contribution in [3.63, 3.8) is 0 Å². The van der Waals surface area contributed by atoms with Crippen molar-refractivity contribution in [3.05, 3.63) is 17.5 Å². The van der Waals surface area contributed by atoms with Gasteiger partial charge in [0.25, 0.3) is 0 Å². The van der Waals surface area contributed by atoms with Crippen LogP contribution >= 0.6 is 0 Å². The van der Waals surface area contributed by atoms with E-state index >= 15 is 0 Å². The number of ether oxygens (including phenoxy) is 1. The molecule has 0 aromatic carbocycles. The number of amides is 1. The summed E-state index contributed by atoms with van der Waals surface area (Å²) >= 11 is 0. The van der Waals surface area contributed by atoms with Crippen molar-refractivity contribution in [2.24, 2.45) is 0 Å². The van der Waals surface area contributed by atoms with Crippen LogP contribution in [0.25, 0.3) is 0 Å². The summed E-state index contributed by atoms with van der Waals surface area (Å²) in [6.45, 7) is 6.78. The first kappa shape index (κ1) is 14.1. The Morgan fingerprint density at radius 3 is 2.86 bits per heavy atom. The maximum Gasteiger partial charge on any atom is 0.410 e. The molecule has 1 fully saturated rings. The number of carbonyl (C=O) groups is 1. The number of hydrogen-bond donors (Lipinski definition) is 1. The van der Waals surface area contributed by atoms with Crippen molar-refractivity contribution in [1.82, 2.24) is 14.9 Å². The van der Waals surface area contributed by atoms with E-state index in [0.29, 0.717) is 25.1 Å². The molecular formula is C15H22N4O2. The summed E-state index contributed by atoms with van der Waals surface area (Å²) in [6, 6.07) is 0.522. The predicted octanol–water partition coefficient (Wildman–Crippen LogP) is 2.34. The first-order valence-electron chi connectivity index (χ1n) is 7.50. The molecule has 0 unspecified atom stereocenters. The molecule has 0 radical (unpaired) electrons. The lowest BCUT2D eigenvalue weighted by atomic mass is 10.1. The van der Waals surface area contributed by atoms with Crippen LogP contribution in [0.3, 0.4) is 0 Å². The summed E-state index contributed by atoms with van der Waals surface area (Å²) < 4.78 is 5.42. The Morgan fingerprint density at radius 1 is 1.43 bits per heavy atom. The van der Waals surface area contributed by atoms with E-state index in [4.69, 9.17) is 4.74 Å². The number of aromatic nitrogens is 2. The highest BCUT2D eigenvalue weighted by Gasteiger charge is 2.27. The van der Waals surface area contributed by atoms with Crippen LogP contribution in [0.1, 0.15) is 44.9 Å². The normalized spacial score (nSPS) is 18.1. The minimum atomic E-state index is -0.471. The summed E-state index contributed by atoms with van der Waals surface area (Å²) in [5.41, 5.74) is 1.57. The van der Waals surface area contributed by atoms with Gasteiger partial charge in [-0.2, -0.15) is 0 Å². The van der Waals surface area contributed by atoms with Gasteiger partial charge in [0.2, 0.25) is 5.95 Å². The highest BCUT2D eigenvalue weighted by molar-refractivity contribution is 5.68. The second-order valence-corrected chi connectivity index (χ2v) is 6.74. The summed E-state index contributed by atoms with van der Waals surface area (Å²) in [4.78, 5) is 22.7. The number of fused-ring (bicyclic) bond motifs is 1. The highest BCUT2D eigenvalue weighted by atomic mass is 16.6. The maximum absolute atomic E-state index is 12.1. The summed E-state index contributed by atoms with van der Waals surface area (Å²) in [5, 5.41) is 3.29.